The Morgan fingerprint density at radius 2 is 1.78 bits per heavy atom. The summed E-state index contributed by atoms with van der Waals surface area (Å²) < 4.78 is 0. The Kier molecular flexibility index (Phi) is 6.06. The smallest absolute Gasteiger partial charge is 0.0540 e. The SMILES string of the molecule is CCCCC(O)CCC. The van der Waals surface area contributed by atoms with Gasteiger partial charge < -0.3 is 5.11 Å². The molecule has 0 rings (SSSR count). The van der Waals surface area contributed by atoms with Crippen LogP contribution in [0.25, 0.3) is 0 Å². The fraction of sp³-hybridized carbons (Fsp3) is 1.00. The summed E-state index contributed by atoms with van der Waals surface area (Å²) >= 11 is 0. The van der Waals surface area contributed by atoms with Crippen LogP contribution in [-0.4, -0.2) is 11.2 Å². The molecule has 0 aliphatic rings. The van der Waals surface area contributed by atoms with Crippen LogP contribution in [0.5, 0.6) is 0 Å². The summed E-state index contributed by atoms with van der Waals surface area (Å²) in [5.74, 6) is 0. The van der Waals surface area contributed by atoms with Gasteiger partial charge in [0.2, 0.25) is 0 Å². The van der Waals surface area contributed by atoms with Gasteiger partial charge in [0, 0.05) is 0 Å². The van der Waals surface area contributed by atoms with E-state index in [1.165, 1.54) is 12.8 Å². The molecule has 0 aromatic heterocycles. The number of unbranched alkanes of at least 4 members (excludes halogenated alkanes) is 1. The molecule has 0 spiro atoms. The van der Waals surface area contributed by atoms with Gasteiger partial charge in [-0.15, -0.1) is 0 Å². The number of rotatable bonds is 5. The second kappa shape index (κ2) is 6.09. The molecule has 0 bridgehead atoms. The predicted molar refractivity (Wildman–Crippen MR) is 40.4 cm³/mol. The molecule has 0 fully saturated rings. The maximum atomic E-state index is 9.18. The quantitative estimate of drug-likeness (QED) is 0.605. The van der Waals surface area contributed by atoms with Crippen molar-refractivity contribution in [3.63, 3.8) is 0 Å². The zero-order chi connectivity index (χ0) is 7.11. The zero-order valence-corrected chi connectivity index (χ0v) is 6.56. The summed E-state index contributed by atoms with van der Waals surface area (Å²) in [5.41, 5.74) is 0. The Labute approximate surface area is 58.1 Å². The molecule has 0 aromatic carbocycles. The lowest BCUT2D eigenvalue weighted by Gasteiger charge is -2.06. The molecule has 0 aliphatic heterocycles. The Morgan fingerprint density at radius 1 is 1.11 bits per heavy atom. The third-order valence-corrected chi connectivity index (χ3v) is 1.51. The van der Waals surface area contributed by atoms with Gasteiger partial charge in [0.15, 0.2) is 0 Å². The fourth-order valence-corrected chi connectivity index (χ4v) is 0.917. The first-order valence-corrected chi connectivity index (χ1v) is 3.99. The predicted octanol–water partition coefficient (Wildman–Crippen LogP) is 2.34. The van der Waals surface area contributed by atoms with Crippen molar-refractivity contribution in [2.24, 2.45) is 0 Å². The normalized spacial score (nSPS) is 13.7. The summed E-state index contributed by atoms with van der Waals surface area (Å²) in [6, 6.07) is 0. The van der Waals surface area contributed by atoms with E-state index in [0.717, 1.165) is 19.3 Å². The molecule has 1 N–H and O–H groups in total. The highest BCUT2D eigenvalue weighted by atomic mass is 16.3. The van der Waals surface area contributed by atoms with E-state index < -0.39 is 0 Å². The molecular formula is C8H18O. The second-order valence-electron chi connectivity index (χ2n) is 2.58. The first-order valence-electron chi connectivity index (χ1n) is 3.99. The molecule has 0 saturated heterocycles. The van der Waals surface area contributed by atoms with Crippen molar-refractivity contribution in [3.05, 3.63) is 0 Å². The zero-order valence-electron chi connectivity index (χ0n) is 6.56. The highest BCUT2D eigenvalue weighted by Crippen LogP contribution is 2.05. The molecule has 0 aliphatic carbocycles. The van der Waals surface area contributed by atoms with Crippen molar-refractivity contribution >= 4 is 0 Å². The molecule has 1 heteroatoms. The summed E-state index contributed by atoms with van der Waals surface area (Å²) in [4.78, 5) is 0. The van der Waals surface area contributed by atoms with Crippen LogP contribution in [0.15, 0.2) is 0 Å². The van der Waals surface area contributed by atoms with Gasteiger partial charge in [-0.25, -0.2) is 0 Å². The van der Waals surface area contributed by atoms with Crippen LogP contribution in [0, 0.1) is 0 Å². The van der Waals surface area contributed by atoms with Crippen molar-refractivity contribution in [1.82, 2.24) is 0 Å². The standard InChI is InChI=1S/C8H18O/c1-3-5-7-8(9)6-4-2/h8-9H,3-7H2,1-2H3. The van der Waals surface area contributed by atoms with E-state index in [9.17, 15) is 5.11 Å². The molecule has 0 saturated carbocycles. The van der Waals surface area contributed by atoms with Crippen molar-refractivity contribution in [3.8, 4) is 0 Å². The Morgan fingerprint density at radius 3 is 2.22 bits per heavy atom. The summed E-state index contributed by atoms with van der Waals surface area (Å²) in [6.07, 6.45) is 5.40. The fourth-order valence-electron chi connectivity index (χ4n) is 0.917. The lowest BCUT2D eigenvalue weighted by atomic mass is 10.1. The summed E-state index contributed by atoms with van der Waals surface area (Å²) in [7, 11) is 0. The van der Waals surface area contributed by atoms with Crippen LogP contribution >= 0.6 is 0 Å². The van der Waals surface area contributed by atoms with Gasteiger partial charge >= 0.3 is 0 Å². The average Bonchev–Trinajstić information content (AvgIpc) is 1.85. The average molecular weight is 130 g/mol. The van der Waals surface area contributed by atoms with Gasteiger partial charge in [-0.2, -0.15) is 0 Å². The van der Waals surface area contributed by atoms with Crippen LogP contribution in [0.2, 0.25) is 0 Å². The number of aliphatic hydroxyl groups excluding tert-OH is 1. The van der Waals surface area contributed by atoms with Crippen molar-refractivity contribution in [2.75, 3.05) is 0 Å². The van der Waals surface area contributed by atoms with Gasteiger partial charge in [-0.05, 0) is 12.8 Å². The van der Waals surface area contributed by atoms with Crippen molar-refractivity contribution < 1.29 is 5.11 Å². The Bertz CT molecular complexity index is 52.5. The third kappa shape index (κ3) is 5.84. The number of hydrogen-bond donors (Lipinski definition) is 1. The lowest BCUT2D eigenvalue weighted by molar-refractivity contribution is 0.150. The van der Waals surface area contributed by atoms with Gasteiger partial charge in [0.1, 0.15) is 0 Å². The van der Waals surface area contributed by atoms with Crippen LogP contribution in [0.3, 0.4) is 0 Å². The molecule has 0 amide bonds. The van der Waals surface area contributed by atoms with Crippen LogP contribution in [-0.2, 0) is 0 Å². The molecule has 56 valence electrons. The van der Waals surface area contributed by atoms with Crippen LogP contribution in [0.1, 0.15) is 46.0 Å². The molecular weight excluding hydrogens is 112 g/mol. The summed E-state index contributed by atoms with van der Waals surface area (Å²) in [5, 5.41) is 9.18. The largest absolute Gasteiger partial charge is 0.393 e. The molecule has 1 atom stereocenters. The maximum Gasteiger partial charge on any atom is 0.0540 e. The monoisotopic (exact) mass is 130 g/mol. The molecule has 0 radical (unpaired) electrons. The highest BCUT2D eigenvalue weighted by molar-refractivity contribution is 4.52. The van der Waals surface area contributed by atoms with Gasteiger partial charge in [-0.1, -0.05) is 33.1 Å². The Hall–Kier alpha value is -0.0400. The molecule has 0 aromatic rings. The van der Waals surface area contributed by atoms with E-state index in [4.69, 9.17) is 0 Å². The minimum atomic E-state index is -0.0325. The minimum absolute atomic E-state index is 0.0325. The number of aliphatic hydroxyl groups is 1. The van der Waals surface area contributed by atoms with E-state index in [-0.39, 0.29) is 6.10 Å². The van der Waals surface area contributed by atoms with E-state index in [0.29, 0.717) is 0 Å². The second-order valence-corrected chi connectivity index (χ2v) is 2.58. The van der Waals surface area contributed by atoms with Gasteiger partial charge in [0.05, 0.1) is 6.10 Å². The molecule has 1 nitrogen and oxygen atoms in total. The lowest BCUT2D eigenvalue weighted by Crippen LogP contribution is -2.04. The molecule has 9 heavy (non-hydrogen) atoms. The maximum absolute atomic E-state index is 9.18. The van der Waals surface area contributed by atoms with E-state index >= 15 is 0 Å². The third-order valence-electron chi connectivity index (χ3n) is 1.51. The van der Waals surface area contributed by atoms with Crippen molar-refractivity contribution in [2.45, 2.75) is 52.1 Å². The first-order chi connectivity index (χ1) is 4.31. The number of hydrogen-bond acceptors (Lipinski definition) is 1. The van der Waals surface area contributed by atoms with E-state index in [2.05, 4.69) is 13.8 Å². The highest BCUT2D eigenvalue weighted by Gasteiger charge is 1.99. The van der Waals surface area contributed by atoms with Gasteiger partial charge in [0.25, 0.3) is 0 Å². The van der Waals surface area contributed by atoms with Crippen LogP contribution < -0.4 is 0 Å². The topological polar surface area (TPSA) is 20.2 Å². The first kappa shape index (κ1) is 8.96. The van der Waals surface area contributed by atoms with Crippen molar-refractivity contribution in [1.29, 1.82) is 0 Å². The molecule has 0 heterocycles. The van der Waals surface area contributed by atoms with E-state index in [1.807, 2.05) is 0 Å². The van der Waals surface area contributed by atoms with Gasteiger partial charge in [-0.3, -0.25) is 0 Å². The Balaban J connectivity index is 2.95. The van der Waals surface area contributed by atoms with E-state index in [1.54, 1.807) is 0 Å². The summed E-state index contributed by atoms with van der Waals surface area (Å²) in [6.45, 7) is 4.26. The molecule has 1 unspecified atom stereocenters. The van der Waals surface area contributed by atoms with Crippen LogP contribution in [0.4, 0.5) is 0 Å². The minimum Gasteiger partial charge on any atom is -0.393 e.